The summed E-state index contributed by atoms with van der Waals surface area (Å²) in [6, 6.07) is 29.9. The normalized spacial score (nSPS) is 12.1. The van der Waals surface area contributed by atoms with Gasteiger partial charge in [-0.05, 0) is 46.8 Å². The number of hydrogen-bond donors (Lipinski definition) is 0. The first-order valence-electron chi connectivity index (χ1n) is 19.2. The van der Waals surface area contributed by atoms with Gasteiger partial charge >= 0.3 is 0 Å². The number of hydrogen-bond acceptors (Lipinski definition) is 3. The average Bonchev–Trinajstić information content (AvgIpc) is 3.12. The maximum Gasteiger partial charge on any atom is 0.239 e. The molecule has 0 bridgehead atoms. The molecule has 0 amide bonds. The van der Waals surface area contributed by atoms with Crippen molar-refractivity contribution in [3.8, 4) is 5.75 Å². The monoisotopic (exact) mass is 658 g/mol. The Hall–Kier alpha value is -2.40. The fourth-order valence-corrected chi connectivity index (χ4v) is 8.91. The predicted octanol–water partition coefficient (Wildman–Crippen LogP) is 10.8. The minimum absolute atomic E-state index is 0.699. The lowest BCUT2D eigenvalue weighted by Crippen LogP contribution is -2.45. The van der Waals surface area contributed by atoms with E-state index in [2.05, 4.69) is 79.7 Å². The molecule has 3 nitrogen and oxygen atoms in total. The summed E-state index contributed by atoms with van der Waals surface area (Å²) >= 11 is 0. The van der Waals surface area contributed by atoms with Crippen molar-refractivity contribution in [1.29, 1.82) is 0 Å². The first-order valence-corrected chi connectivity index (χ1v) is 20.8. The van der Waals surface area contributed by atoms with E-state index in [0.717, 1.165) is 24.9 Å². The molecule has 4 heteroatoms. The topological polar surface area (TPSA) is 27.7 Å². The molecule has 0 spiro atoms. The van der Waals surface area contributed by atoms with Crippen LogP contribution in [0.15, 0.2) is 84.9 Å². The van der Waals surface area contributed by atoms with E-state index in [4.69, 9.17) is 13.9 Å². The van der Waals surface area contributed by atoms with Gasteiger partial charge in [0.2, 0.25) is 9.04 Å². The molecule has 0 fully saturated rings. The van der Waals surface area contributed by atoms with E-state index >= 15 is 0 Å². The average molecular weight is 659 g/mol. The van der Waals surface area contributed by atoms with E-state index in [-0.39, 0.29) is 0 Å². The molecule has 47 heavy (non-hydrogen) atoms. The third-order valence-electron chi connectivity index (χ3n) is 9.56. The first-order chi connectivity index (χ1) is 23.3. The zero-order valence-electron chi connectivity index (χ0n) is 30.0. The van der Waals surface area contributed by atoms with Crippen LogP contribution in [0.2, 0.25) is 0 Å². The maximum absolute atomic E-state index is 6.54. The second kappa shape index (κ2) is 26.5. The summed E-state index contributed by atoms with van der Waals surface area (Å²) in [6.45, 7) is 4.76. The molecule has 0 aromatic heterocycles. The van der Waals surface area contributed by atoms with E-state index in [1.54, 1.807) is 7.11 Å². The van der Waals surface area contributed by atoms with Crippen LogP contribution in [-0.2, 0) is 15.8 Å². The maximum atomic E-state index is 6.54. The summed E-state index contributed by atoms with van der Waals surface area (Å²) in [7, 11) is 0.125. The van der Waals surface area contributed by atoms with E-state index in [1.807, 2.05) is 12.1 Å². The van der Waals surface area contributed by atoms with Gasteiger partial charge in [-0.3, -0.25) is 0 Å². The molecule has 0 aliphatic rings. The van der Waals surface area contributed by atoms with Gasteiger partial charge in [0.1, 0.15) is 5.75 Å². The standard InChI is InChI=1S/C43H66O3Si/c1-3-4-5-6-10-13-18-25-39(35-37-45-38-40-31-33-41(44-2)34-32-40)26-19-14-11-8-7-9-12-15-24-36-46-47(42-27-20-16-21-28-42)43-29-22-17-23-30-43/h16-17,20-23,27-34,39,47H,3-15,18-19,24-26,35-38H2,1-2H3. The van der Waals surface area contributed by atoms with E-state index in [9.17, 15) is 0 Å². The summed E-state index contributed by atoms with van der Waals surface area (Å²) in [4.78, 5) is 0. The molecule has 0 saturated heterocycles. The number of methoxy groups -OCH3 is 1. The van der Waals surface area contributed by atoms with Crippen LogP contribution >= 0.6 is 0 Å². The number of benzene rings is 3. The van der Waals surface area contributed by atoms with Gasteiger partial charge < -0.3 is 13.9 Å². The molecular formula is C43H66O3Si. The molecule has 1 atom stereocenters. The van der Waals surface area contributed by atoms with Crippen molar-refractivity contribution in [2.45, 2.75) is 136 Å². The van der Waals surface area contributed by atoms with Crippen molar-refractivity contribution >= 4 is 19.4 Å². The number of ether oxygens (including phenoxy) is 2. The molecule has 3 aromatic rings. The predicted molar refractivity (Wildman–Crippen MR) is 205 cm³/mol. The van der Waals surface area contributed by atoms with Crippen molar-refractivity contribution in [2.75, 3.05) is 20.3 Å². The third-order valence-corrected chi connectivity index (χ3v) is 12.1. The lowest BCUT2D eigenvalue weighted by atomic mass is 9.91. The van der Waals surface area contributed by atoms with Gasteiger partial charge in [-0.2, -0.15) is 0 Å². The highest BCUT2D eigenvalue weighted by molar-refractivity contribution is 6.80. The van der Waals surface area contributed by atoms with Crippen LogP contribution in [0.5, 0.6) is 5.75 Å². The van der Waals surface area contributed by atoms with Gasteiger partial charge in [0.15, 0.2) is 0 Å². The van der Waals surface area contributed by atoms with Crippen LogP contribution in [0.4, 0.5) is 0 Å². The van der Waals surface area contributed by atoms with E-state index < -0.39 is 9.04 Å². The van der Waals surface area contributed by atoms with Crippen molar-refractivity contribution in [3.05, 3.63) is 90.5 Å². The molecule has 0 aliphatic heterocycles. The lowest BCUT2D eigenvalue weighted by Gasteiger charge is -2.17. The number of unbranched alkanes of at least 4 members (excludes halogenated alkanes) is 14. The van der Waals surface area contributed by atoms with Crippen LogP contribution in [0.3, 0.4) is 0 Å². The van der Waals surface area contributed by atoms with E-state index in [1.165, 1.54) is 138 Å². The Bertz CT molecular complexity index is 1070. The Morgan fingerprint density at radius 2 is 1.00 bits per heavy atom. The minimum atomic E-state index is -1.59. The lowest BCUT2D eigenvalue weighted by molar-refractivity contribution is 0.104. The summed E-state index contributed by atoms with van der Waals surface area (Å²) < 4.78 is 17.9. The molecule has 0 saturated carbocycles. The van der Waals surface area contributed by atoms with Gasteiger partial charge in [0.05, 0.1) is 13.7 Å². The summed E-state index contributed by atoms with van der Waals surface area (Å²) in [5.41, 5.74) is 1.23. The van der Waals surface area contributed by atoms with Crippen LogP contribution in [0.1, 0.15) is 134 Å². The van der Waals surface area contributed by atoms with Gasteiger partial charge in [-0.25, -0.2) is 0 Å². The summed E-state index contributed by atoms with van der Waals surface area (Å²) in [5.74, 6) is 1.72. The molecule has 0 N–H and O–H groups in total. The minimum Gasteiger partial charge on any atom is -0.497 e. The Morgan fingerprint density at radius 1 is 0.511 bits per heavy atom. The van der Waals surface area contributed by atoms with Crippen LogP contribution in [0.25, 0.3) is 0 Å². The Kier molecular flexibility index (Phi) is 22.0. The van der Waals surface area contributed by atoms with Gasteiger partial charge in [-0.15, -0.1) is 0 Å². The summed E-state index contributed by atoms with van der Waals surface area (Å²) in [6.07, 6.45) is 25.8. The van der Waals surface area contributed by atoms with Crippen molar-refractivity contribution in [3.63, 3.8) is 0 Å². The molecule has 3 aromatic carbocycles. The molecule has 0 aliphatic carbocycles. The quantitative estimate of drug-likeness (QED) is 0.0549. The Balaban J connectivity index is 1.22. The zero-order valence-corrected chi connectivity index (χ0v) is 31.2. The summed E-state index contributed by atoms with van der Waals surface area (Å²) in [5, 5.41) is 2.75. The molecule has 1 unspecified atom stereocenters. The molecular weight excluding hydrogens is 593 g/mol. The molecule has 260 valence electrons. The highest BCUT2D eigenvalue weighted by atomic mass is 28.3. The highest BCUT2D eigenvalue weighted by Gasteiger charge is 2.17. The molecule has 0 heterocycles. The Morgan fingerprint density at radius 3 is 1.51 bits per heavy atom. The van der Waals surface area contributed by atoms with Crippen LogP contribution in [-0.4, -0.2) is 29.4 Å². The first kappa shape index (κ1) is 39.0. The Labute approximate surface area is 290 Å². The SMILES string of the molecule is CCCCCCCCCC(CCCCCCCCCCCO[SiH](c1ccccc1)c1ccccc1)CCOCc1ccc(OC)cc1. The fraction of sp³-hybridized carbons (Fsp3) is 0.581. The largest absolute Gasteiger partial charge is 0.497 e. The smallest absolute Gasteiger partial charge is 0.239 e. The number of rotatable bonds is 29. The van der Waals surface area contributed by atoms with Crippen molar-refractivity contribution < 1.29 is 13.9 Å². The third kappa shape index (κ3) is 18.1. The van der Waals surface area contributed by atoms with Crippen molar-refractivity contribution in [2.24, 2.45) is 5.92 Å². The van der Waals surface area contributed by atoms with Gasteiger partial charge in [0.25, 0.3) is 0 Å². The van der Waals surface area contributed by atoms with Crippen LogP contribution < -0.4 is 15.1 Å². The second-order valence-electron chi connectivity index (χ2n) is 13.5. The second-order valence-corrected chi connectivity index (χ2v) is 15.9. The van der Waals surface area contributed by atoms with Gasteiger partial charge in [-0.1, -0.05) is 189 Å². The van der Waals surface area contributed by atoms with E-state index in [0.29, 0.717) is 6.61 Å². The highest BCUT2D eigenvalue weighted by Crippen LogP contribution is 2.23. The zero-order chi connectivity index (χ0) is 33.0. The van der Waals surface area contributed by atoms with Crippen LogP contribution in [0, 0.1) is 5.92 Å². The van der Waals surface area contributed by atoms with Gasteiger partial charge in [0, 0.05) is 13.2 Å². The van der Waals surface area contributed by atoms with Crippen molar-refractivity contribution in [1.82, 2.24) is 0 Å². The molecule has 3 rings (SSSR count). The fourth-order valence-electron chi connectivity index (χ4n) is 6.60. The molecule has 0 radical (unpaired) electrons.